The van der Waals surface area contributed by atoms with Gasteiger partial charge in [0, 0.05) is 6.26 Å². The van der Waals surface area contributed by atoms with E-state index >= 15 is 0 Å². The van der Waals surface area contributed by atoms with Crippen molar-refractivity contribution in [3.05, 3.63) is 33.7 Å². The zero-order valence-electron chi connectivity index (χ0n) is 10.5. The maximum Gasteiger partial charge on any atom is 0.175 e. The van der Waals surface area contributed by atoms with Gasteiger partial charge in [-0.05, 0) is 29.7 Å². The molecule has 0 saturated heterocycles. The quantitative estimate of drug-likeness (QED) is 0.448. The molecule has 0 amide bonds. The number of benzene rings is 1. The standard InChI is InChI=1S/C11H15NO5S/c1-8-9(7-17-16-2)4-5-11(18(3,14)15)10(8)6-12-13/h4-5H,6-7H2,1-3H3. The minimum Gasteiger partial charge on any atom is -0.240 e. The highest BCUT2D eigenvalue weighted by Gasteiger charge is 2.17. The van der Waals surface area contributed by atoms with Crippen LogP contribution in [0, 0.1) is 11.8 Å². The molecular formula is C11H15NO5S. The van der Waals surface area contributed by atoms with Gasteiger partial charge in [0.15, 0.2) is 9.84 Å². The summed E-state index contributed by atoms with van der Waals surface area (Å²) in [5, 5.41) is 2.78. The van der Waals surface area contributed by atoms with Crippen molar-refractivity contribution in [2.75, 3.05) is 13.4 Å². The molecule has 0 atom stereocenters. The Balaban J connectivity index is 3.32. The van der Waals surface area contributed by atoms with E-state index in [0.29, 0.717) is 11.1 Å². The first-order chi connectivity index (χ1) is 8.41. The van der Waals surface area contributed by atoms with E-state index in [9.17, 15) is 13.3 Å². The largest absolute Gasteiger partial charge is 0.240 e. The summed E-state index contributed by atoms with van der Waals surface area (Å²) in [4.78, 5) is 19.9. The van der Waals surface area contributed by atoms with E-state index in [1.807, 2.05) is 0 Å². The Morgan fingerprint density at radius 2 is 2.00 bits per heavy atom. The summed E-state index contributed by atoms with van der Waals surface area (Å²) in [7, 11) is -2.00. The summed E-state index contributed by atoms with van der Waals surface area (Å²) >= 11 is 0. The van der Waals surface area contributed by atoms with Crippen LogP contribution in [-0.4, -0.2) is 21.8 Å². The maximum atomic E-state index is 11.6. The summed E-state index contributed by atoms with van der Waals surface area (Å²) < 4.78 is 23.2. The third-order valence-electron chi connectivity index (χ3n) is 2.62. The van der Waals surface area contributed by atoms with Crippen LogP contribution in [0.25, 0.3) is 0 Å². The molecule has 18 heavy (non-hydrogen) atoms. The van der Waals surface area contributed by atoms with Gasteiger partial charge in [-0.3, -0.25) is 0 Å². The van der Waals surface area contributed by atoms with E-state index in [4.69, 9.17) is 4.89 Å². The van der Waals surface area contributed by atoms with Crippen molar-refractivity contribution in [3.63, 3.8) is 0 Å². The van der Waals surface area contributed by atoms with E-state index in [0.717, 1.165) is 11.8 Å². The Morgan fingerprint density at radius 1 is 1.33 bits per heavy atom. The van der Waals surface area contributed by atoms with Crippen LogP contribution in [-0.2, 0) is 32.8 Å². The molecule has 6 nitrogen and oxygen atoms in total. The predicted molar refractivity (Wildman–Crippen MR) is 65.6 cm³/mol. The SMILES string of the molecule is COOCc1ccc(S(C)(=O)=O)c(CN=O)c1C. The molecule has 0 aliphatic rings. The van der Waals surface area contributed by atoms with Crippen molar-refractivity contribution < 1.29 is 18.2 Å². The van der Waals surface area contributed by atoms with Crippen LogP contribution in [0.1, 0.15) is 16.7 Å². The summed E-state index contributed by atoms with van der Waals surface area (Å²) in [6, 6.07) is 3.09. The van der Waals surface area contributed by atoms with Crippen LogP contribution < -0.4 is 0 Å². The third-order valence-corrected chi connectivity index (χ3v) is 3.80. The highest BCUT2D eigenvalue weighted by molar-refractivity contribution is 7.90. The summed E-state index contributed by atoms with van der Waals surface area (Å²) in [5.74, 6) is 0. The first kappa shape index (κ1) is 14.7. The number of sulfone groups is 1. The molecule has 0 unspecified atom stereocenters. The average Bonchev–Trinajstić information content (AvgIpc) is 2.29. The highest BCUT2D eigenvalue weighted by atomic mass is 32.2. The van der Waals surface area contributed by atoms with Crippen molar-refractivity contribution in [2.24, 2.45) is 5.18 Å². The lowest BCUT2D eigenvalue weighted by atomic mass is 10.0. The predicted octanol–water partition coefficient (Wildman–Crippen LogP) is 1.74. The van der Waals surface area contributed by atoms with Gasteiger partial charge >= 0.3 is 0 Å². The topological polar surface area (TPSA) is 82.0 Å². The zero-order chi connectivity index (χ0) is 13.8. The first-order valence-electron chi connectivity index (χ1n) is 5.18. The second kappa shape index (κ2) is 6.03. The molecule has 0 aromatic heterocycles. The fourth-order valence-electron chi connectivity index (χ4n) is 1.67. The molecular weight excluding hydrogens is 258 g/mol. The lowest BCUT2D eigenvalue weighted by Gasteiger charge is -2.12. The van der Waals surface area contributed by atoms with Crippen molar-refractivity contribution in [2.45, 2.75) is 25.0 Å². The van der Waals surface area contributed by atoms with Gasteiger partial charge in [-0.1, -0.05) is 11.2 Å². The third kappa shape index (κ3) is 3.34. The van der Waals surface area contributed by atoms with Gasteiger partial charge in [-0.15, -0.1) is 0 Å². The van der Waals surface area contributed by atoms with Crippen LogP contribution in [0.3, 0.4) is 0 Å². The molecule has 0 aliphatic carbocycles. The Bertz CT molecular complexity index is 539. The highest BCUT2D eigenvalue weighted by Crippen LogP contribution is 2.24. The molecule has 1 aromatic rings. The number of hydrogen-bond acceptors (Lipinski definition) is 6. The maximum absolute atomic E-state index is 11.6. The molecule has 1 rings (SSSR count). The lowest BCUT2D eigenvalue weighted by Crippen LogP contribution is -2.07. The van der Waals surface area contributed by atoms with Gasteiger partial charge in [-0.2, -0.15) is 4.91 Å². The normalized spacial score (nSPS) is 11.5. The van der Waals surface area contributed by atoms with E-state index in [1.165, 1.54) is 13.2 Å². The molecule has 0 aliphatic heterocycles. The molecule has 7 heteroatoms. The van der Waals surface area contributed by atoms with Crippen LogP contribution in [0.5, 0.6) is 0 Å². The van der Waals surface area contributed by atoms with Crippen LogP contribution in [0.4, 0.5) is 0 Å². The molecule has 100 valence electrons. The van der Waals surface area contributed by atoms with E-state index in [-0.39, 0.29) is 18.0 Å². The Labute approximate surface area is 106 Å². The Hall–Kier alpha value is -1.31. The molecule has 0 N–H and O–H groups in total. The van der Waals surface area contributed by atoms with Crippen LogP contribution in [0.2, 0.25) is 0 Å². The molecule has 0 saturated carbocycles. The van der Waals surface area contributed by atoms with Crippen molar-refractivity contribution in [1.82, 2.24) is 0 Å². The summed E-state index contributed by atoms with van der Waals surface area (Å²) in [6.45, 7) is 1.72. The van der Waals surface area contributed by atoms with Crippen LogP contribution in [0.15, 0.2) is 22.2 Å². The molecule has 0 radical (unpaired) electrons. The summed E-state index contributed by atoms with van der Waals surface area (Å²) in [5.41, 5.74) is 1.84. The van der Waals surface area contributed by atoms with E-state index in [1.54, 1.807) is 13.0 Å². The van der Waals surface area contributed by atoms with Gasteiger partial charge in [-0.25, -0.2) is 18.2 Å². The van der Waals surface area contributed by atoms with E-state index in [2.05, 4.69) is 10.1 Å². The molecule has 1 aromatic carbocycles. The fraction of sp³-hybridized carbons (Fsp3) is 0.455. The zero-order valence-corrected chi connectivity index (χ0v) is 11.3. The van der Waals surface area contributed by atoms with E-state index < -0.39 is 9.84 Å². The van der Waals surface area contributed by atoms with Gasteiger partial charge in [0.1, 0.15) is 13.2 Å². The number of hydrogen-bond donors (Lipinski definition) is 0. The van der Waals surface area contributed by atoms with Crippen molar-refractivity contribution in [3.8, 4) is 0 Å². The number of nitroso groups, excluding NO2 is 1. The molecule has 0 heterocycles. The summed E-state index contributed by atoms with van der Waals surface area (Å²) in [6.07, 6.45) is 1.10. The van der Waals surface area contributed by atoms with Gasteiger partial charge in [0.25, 0.3) is 0 Å². The minimum atomic E-state index is -3.39. The second-order valence-corrected chi connectivity index (χ2v) is 5.80. The molecule has 0 bridgehead atoms. The van der Waals surface area contributed by atoms with Crippen molar-refractivity contribution in [1.29, 1.82) is 0 Å². The first-order valence-corrected chi connectivity index (χ1v) is 7.07. The number of nitrogens with zero attached hydrogens (tertiary/aromatic N) is 1. The lowest BCUT2D eigenvalue weighted by molar-refractivity contribution is -0.282. The minimum absolute atomic E-state index is 0.126. The van der Waals surface area contributed by atoms with Crippen molar-refractivity contribution >= 4 is 9.84 Å². The number of rotatable bonds is 6. The Kier molecular flexibility index (Phi) is 4.94. The van der Waals surface area contributed by atoms with Gasteiger partial charge in [0.05, 0.1) is 12.0 Å². The monoisotopic (exact) mass is 273 g/mol. The average molecular weight is 273 g/mol. The fourth-order valence-corrected chi connectivity index (χ4v) is 2.65. The molecule has 0 spiro atoms. The smallest absolute Gasteiger partial charge is 0.175 e. The second-order valence-electron chi connectivity index (χ2n) is 3.81. The Morgan fingerprint density at radius 3 is 2.50 bits per heavy atom. The molecule has 0 fully saturated rings. The van der Waals surface area contributed by atoms with Gasteiger partial charge in [0.2, 0.25) is 0 Å². The van der Waals surface area contributed by atoms with Gasteiger partial charge < -0.3 is 0 Å². The van der Waals surface area contributed by atoms with Crippen LogP contribution >= 0.6 is 0 Å².